The molecule has 90 valence electrons. The van der Waals surface area contributed by atoms with Crippen LogP contribution >= 0.6 is 15.9 Å². The van der Waals surface area contributed by atoms with Gasteiger partial charge in [0.1, 0.15) is 0 Å². The standard InChI is InChI=1S/C13H11BrN4/c14-11-5-3-9(4-6-11)12-16-13-10(8-15)2-1-7-18(13)17-12/h1-7H,8,15H2. The summed E-state index contributed by atoms with van der Waals surface area (Å²) < 4.78 is 2.80. The van der Waals surface area contributed by atoms with E-state index in [9.17, 15) is 0 Å². The van der Waals surface area contributed by atoms with Crippen LogP contribution in [0.2, 0.25) is 0 Å². The molecule has 0 saturated carbocycles. The Morgan fingerprint density at radius 2 is 1.94 bits per heavy atom. The minimum Gasteiger partial charge on any atom is -0.326 e. The van der Waals surface area contributed by atoms with Gasteiger partial charge >= 0.3 is 0 Å². The molecule has 1 aromatic carbocycles. The molecule has 0 aliphatic heterocycles. The Bertz CT molecular complexity index is 688. The normalized spacial score (nSPS) is 11.0. The van der Waals surface area contributed by atoms with E-state index in [1.807, 2.05) is 42.6 Å². The van der Waals surface area contributed by atoms with Crippen LogP contribution in [0.5, 0.6) is 0 Å². The van der Waals surface area contributed by atoms with Gasteiger partial charge < -0.3 is 5.73 Å². The van der Waals surface area contributed by atoms with E-state index >= 15 is 0 Å². The molecule has 0 fully saturated rings. The van der Waals surface area contributed by atoms with E-state index in [1.165, 1.54) is 0 Å². The summed E-state index contributed by atoms with van der Waals surface area (Å²) in [5.74, 6) is 0.711. The number of fused-ring (bicyclic) bond motifs is 1. The van der Waals surface area contributed by atoms with Crippen LogP contribution in [0, 0.1) is 0 Å². The Balaban J connectivity index is 2.16. The van der Waals surface area contributed by atoms with Crippen molar-refractivity contribution >= 4 is 21.6 Å². The monoisotopic (exact) mass is 302 g/mol. The Morgan fingerprint density at radius 3 is 2.67 bits per heavy atom. The Kier molecular flexibility index (Phi) is 2.85. The highest BCUT2D eigenvalue weighted by atomic mass is 79.9. The van der Waals surface area contributed by atoms with Gasteiger partial charge in [0, 0.05) is 28.3 Å². The van der Waals surface area contributed by atoms with Crippen LogP contribution in [0.15, 0.2) is 47.1 Å². The van der Waals surface area contributed by atoms with Crippen LogP contribution in [0.3, 0.4) is 0 Å². The molecule has 4 nitrogen and oxygen atoms in total. The predicted octanol–water partition coefficient (Wildman–Crippen LogP) is 2.62. The molecule has 0 radical (unpaired) electrons. The maximum absolute atomic E-state index is 5.70. The maximum Gasteiger partial charge on any atom is 0.182 e. The van der Waals surface area contributed by atoms with Crippen molar-refractivity contribution in [2.24, 2.45) is 5.73 Å². The zero-order chi connectivity index (χ0) is 12.5. The van der Waals surface area contributed by atoms with Gasteiger partial charge in [-0.15, -0.1) is 5.10 Å². The molecule has 3 rings (SSSR count). The van der Waals surface area contributed by atoms with Crippen LogP contribution < -0.4 is 5.73 Å². The third kappa shape index (κ3) is 1.91. The van der Waals surface area contributed by atoms with Crippen molar-refractivity contribution in [1.82, 2.24) is 14.6 Å². The molecular formula is C13H11BrN4. The number of halogens is 1. The zero-order valence-corrected chi connectivity index (χ0v) is 11.1. The number of benzene rings is 1. The second-order valence-corrected chi connectivity index (χ2v) is 4.86. The van der Waals surface area contributed by atoms with Crippen molar-refractivity contribution in [2.75, 3.05) is 0 Å². The van der Waals surface area contributed by atoms with E-state index in [4.69, 9.17) is 5.73 Å². The minimum atomic E-state index is 0.461. The van der Waals surface area contributed by atoms with Crippen molar-refractivity contribution in [2.45, 2.75) is 6.54 Å². The van der Waals surface area contributed by atoms with Gasteiger partial charge in [0.25, 0.3) is 0 Å². The summed E-state index contributed by atoms with van der Waals surface area (Å²) in [7, 11) is 0. The second-order valence-electron chi connectivity index (χ2n) is 3.95. The number of nitrogens with zero attached hydrogens (tertiary/aromatic N) is 3. The first kappa shape index (κ1) is 11.4. The maximum atomic E-state index is 5.70. The summed E-state index contributed by atoms with van der Waals surface area (Å²) in [6.45, 7) is 0.461. The fourth-order valence-electron chi connectivity index (χ4n) is 1.84. The molecule has 2 N–H and O–H groups in total. The number of aromatic nitrogens is 3. The smallest absolute Gasteiger partial charge is 0.182 e. The van der Waals surface area contributed by atoms with Crippen LogP contribution in [0.25, 0.3) is 17.0 Å². The molecule has 5 heteroatoms. The van der Waals surface area contributed by atoms with E-state index in [-0.39, 0.29) is 0 Å². The van der Waals surface area contributed by atoms with Gasteiger partial charge in [0.2, 0.25) is 0 Å². The number of nitrogens with two attached hydrogens (primary N) is 1. The van der Waals surface area contributed by atoms with Crippen molar-refractivity contribution in [3.8, 4) is 11.4 Å². The fourth-order valence-corrected chi connectivity index (χ4v) is 2.11. The summed E-state index contributed by atoms with van der Waals surface area (Å²) in [5.41, 5.74) is 8.50. The van der Waals surface area contributed by atoms with Crippen LogP contribution in [0.1, 0.15) is 5.56 Å². The topological polar surface area (TPSA) is 56.2 Å². The Labute approximate surface area is 113 Å². The number of rotatable bonds is 2. The highest BCUT2D eigenvalue weighted by Crippen LogP contribution is 2.20. The molecule has 2 heterocycles. The van der Waals surface area contributed by atoms with Crippen molar-refractivity contribution in [3.05, 3.63) is 52.6 Å². The first-order valence-corrected chi connectivity index (χ1v) is 6.37. The summed E-state index contributed by atoms with van der Waals surface area (Å²) >= 11 is 3.41. The molecular weight excluding hydrogens is 292 g/mol. The summed E-state index contributed by atoms with van der Waals surface area (Å²) in [6, 6.07) is 11.8. The van der Waals surface area contributed by atoms with Gasteiger partial charge in [-0.2, -0.15) is 0 Å². The molecule has 2 aromatic heterocycles. The number of pyridine rings is 1. The predicted molar refractivity (Wildman–Crippen MR) is 74.0 cm³/mol. The molecule has 0 spiro atoms. The van der Waals surface area contributed by atoms with Crippen molar-refractivity contribution in [1.29, 1.82) is 0 Å². The van der Waals surface area contributed by atoms with Crippen LogP contribution in [-0.2, 0) is 6.54 Å². The van der Waals surface area contributed by atoms with Crippen LogP contribution in [0.4, 0.5) is 0 Å². The average Bonchev–Trinajstić information content (AvgIpc) is 2.83. The third-order valence-corrected chi connectivity index (χ3v) is 3.29. The summed E-state index contributed by atoms with van der Waals surface area (Å²) in [6.07, 6.45) is 1.88. The third-order valence-electron chi connectivity index (χ3n) is 2.77. The Hall–Kier alpha value is -1.72. The van der Waals surface area contributed by atoms with E-state index in [2.05, 4.69) is 26.0 Å². The van der Waals surface area contributed by atoms with E-state index in [0.29, 0.717) is 12.4 Å². The minimum absolute atomic E-state index is 0.461. The first-order chi connectivity index (χ1) is 8.78. The van der Waals surface area contributed by atoms with Gasteiger partial charge in [-0.1, -0.05) is 34.1 Å². The molecule has 3 aromatic rings. The first-order valence-electron chi connectivity index (χ1n) is 5.58. The van der Waals surface area contributed by atoms with Crippen molar-refractivity contribution in [3.63, 3.8) is 0 Å². The van der Waals surface area contributed by atoms with Crippen LogP contribution in [-0.4, -0.2) is 14.6 Å². The number of hydrogen-bond donors (Lipinski definition) is 1. The van der Waals surface area contributed by atoms with Gasteiger partial charge in [0.05, 0.1) is 0 Å². The molecule has 0 aliphatic rings. The Morgan fingerprint density at radius 1 is 1.17 bits per heavy atom. The summed E-state index contributed by atoms with van der Waals surface area (Å²) in [4.78, 5) is 4.54. The lowest BCUT2D eigenvalue weighted by Gasteiger charge is -1.96. The second kappa shape index (κ2) is 4.51. The molecule has 0 aliphatic carbocycles. The highest BCUT2D eigenvalue weighted by molar-refractivity contribution is 9.10. The van der Waals surface area contributed by atoms with Crippen molar-refractivity contribution < 1.29 is 0 Å². The average molecular weight is 303 g/mol. The molecule has 0 unspecified atom stereocenters. The lowest BCUT2D eigenvalue weighted by molar-refractivity contribution is 0.944. The highest BCUT2D eigenvalue weighted by Gasteiger charge is 2.08. The number of hydrogen-bond acceptors (Lipinski definition) is 3. The molecule has 0 atom stereocenters. The lowest BCUT2D eigenvalue weighted by Crippen LogP contribution is -1.99. The zero-order valence-electron chi connectivity index (χ0n) is 9.55. The molecule has 18 heavy (non-hydrogen) atoms. The van der Waals surface area contributed by atoms with E-state index in [1.54, 1.807) is 4.52 Å². The van der Waals surface area contributed by atoms with Gasteiger partial charge in [-0.25, -0.2) is 9.50 Å². The van der Waals surface area contributed by atoms with Gasteiger partial charge in [0.15, 0.2) is 11.5 Å². The fraction of sp³-hybridized carbons (Fsp3) is 0.0769. The summed E-state index contributed by atoms with van der Waals surface area (Å²) in [5, 5.41) is 4.46. The van der Waals surface area contributed by atoms with Gasteiger partial charge in [-0.3, -0.25) is 0 Å². The molecule has 0 bridgehead atoms. The lowest BCUT2D eigenvalue weighted by atomic mass is 10.2. The SMILES string of the molecule is NCc1cccn2nc(-c3ccc(Br)cc3)nc12. The largest absolute Gasteiger partial charge is 0.326 e. The molecule has 0 amide bonds. The quantitative estimate of drug-likeness (QED) is 0.792. The van der Waals surface area contributed by atoms with E-state index in [0.717, 1.165) is 21.2 Å². The van der Waals surface area contributed by atoms with Gasteiger partial charge in [-0.05, 0) is 18.2 Å². The van der Waals surface area contributed by atoms with E-state index < -0.39 is 0 Å². The molecule has 0 saturated heterocycles.